The first kappa shape index (κ1) is 16.0. The van der Waals surface area contributed by atoms with Crippen LogP contribution in [0.25, 0.3) is 0 Å². The van der Waals surface area contributed by atoms with Crippen molar-refractivity contribution in [2.75, 3.05) is 12.4 Å². The highest BCUT2D eigenvalue weighted by Gasteiger charge is 2.26. The van der Waals surface area contributed by atoms with E-state index in [0.29, 0.717) is 23.5 Å². The van der Waals surface area contributed by atoms with Crippen molar-refractivity contribution in [3.05, 3.63) is 15.8 Å². The second-order valence-electron chi connectivity index (χ2n) is 6.55. The third-order valence-corrected chi connectivity index (χ3v) is 5.29. The maximum Gasteiger partial charge on any atom is 0.350 e. The van der Waals surface area contributed by atoms with Crippen LogP contribution in [0.15, 0.2) is 6.07 Å². The van der Waals surface area contributed by atoms with Gasteiger partial charge in [-0.2, -0.15) is 0 Å². The average molecular weight is 309 g/mol. The van der Waals surface area contributed by atoms with Gasteiger partial charge in [0, 0.05) is 23.8 Å². The molecule has 1 aliphatic rings. The van der Waals surface area contributed by atoms with Gasteiger partial charge in [0.2, 0.25) is 0 Å². The van der Waals surface area contributed by atoms with Crippen molar-refractivity contribution in [1.29, 1.82) is 0 Å². The number of esters is 1. The van der Waals surface area contributed by atoms with Crippen LogP contribution < -0.4 is 5.32 Å². The molecule has 0 unspecified atom stereocenters. The van der Waals surface area contributed by atoms with Crippen LogP contribution in [0.5, 0.6) is 0 Å². The third-order valence-electron chi connectivity index (χ3n) is 3.74. The molecule has 21 heavy (non-hydrogen) atoms. The minimum atomic E-state index is -0.301. The van der Waals surface area contributed by atoms with Crippen LogP contribution in [0.1, 0.15) is 61.0 Å². The van der Waals surface area contributed by atoms with Gasteiger partial charge in [-0.25, -0.2) is 4.79 Å². The standard InChI is InChI=1S/C16H23NO3S/c1-16(2,3)13-9-12(14(21-13)15(19)20-4)17-10-5-7-11(18)8-6-10/h9-10,17H,5-8H2,1-4H3. The van der Waals surface area contributed by atoms with Crippen molar-refractivity contribution in [3.8, 4) is 0 Å². The summed E-state index contributed by atoms with van der Waals surface area (Å²) in [6, 6.07) is 2.31. The summed E-state index contributed by atoms with van der Waals surface area (Å²) in [4.78, 5) is 25.1. The van der Waals surface area contributed by atoms with Gasteiger partial charge in [0.05, 0.1) is 12.8 Å². The zero-order chi connectivity index (χ0) is 15.6. The Morgan fingerprint density at radius 2 is 1.95 bits per heavy atom. The molecule has 116 valence electrons. The monoisotopic (exact) mass is 309 g/mol. The first-order valence-corrected chi connectivity index (χ1v) is 8.13. The Kier molecular flexibility index (Phi) is 4.71. The highest BCUT2D eigenvalue weighted by molar-refractivity contribution is 7.14. The van der Waals surface area contributed by atoms with Gasteiger partial charge >= 0.3 is 5.97 Å². The summed E-state index contributed by atoms with van der Waals surface area (Å²) in [6.45, 7) is 6.38. The fourth-order valence-corrected chi connectivity index (χ4v) is 3.51. The van der Waals surface area contributed by atoms with Crippen molar-refractivity contribution >= 4 is 28.8 Å². The quantitative estimate of drug-likeness (QED) is 0.864. The number of nitrogens with one attached hydrogen (secondary N) is 1. The van der Waals surface area contributed by atoms with Crippen molar-refractivity contribution in [1.82, 2.24) is 0 Å². The van der Waals surface area contributed by atoms with Crippen LogP contribution in [0.3, 0.4) is 0 Å². The Bertz CT molecular complexity index is 532. The normalized spacial score (nSPS) is 16.9. The Hall–Kier alpha value is -1.36. The van der Waals surface area contributed by atoms with E-state index >= 15 is 0 Å². The third kappa shape index (κ3) is 3.84. The molecule has 1 aromatic rings. The molecule has 0 aromatic carbocycles. The van der Waals surface area contributed by atoms with E-state index in [0.717, 1.165) is 23.4 Å². The lowest BCUT2D eigenvalue weighted by atomic mass is 9.93. The number of ketones is 1. The van der Waals surface area contributed by atoms with Crippen LogP contribution >= 0.6 is 11.3 Å². The highest BCUT2D eigenvalue weighted by atomic mass is 32.1. The summed E-state index contributed by atoms with van der Waals surface area (Å²) in [6.07, 6.45) is 2.92. The SMILES string of the molecule is COC(=O)c1sc(C(C)(C)C)cc1NC1CCC(=O)CC1. The van der Waals surface area contributed by atoms with Crippen molar-refractivity contribution in [3.63, 3.8) is 0 Å². The zero-order valence-electron chi connectivity index (χ0n) is 13.1. The molecule has 1 N–H and O–H groups in total. The fourth-order valence-electron chi connectivity index (χ4n) is 2.42. The summed E-state index contributed by atoms with van der Waals surface area (Å²) in [5, 5.41) is 3.44. The van der Waals surface area contributed by atoms with E-state index in [9.17, 15) is 9.59 Å². The molecule has 5 heteroatoms. The largest absolute Gasteiger partial charge is 0.465 e. The molecule has 1 aliphatic carbocycles. The number of carbonyl (C=O) groups excluding carboxylic acids is 2. The lowest BCUT2D eigenvalue weighted by molar-refractivity contribution is -0.120. The summed E-state index contributed by atoms with van der Waals surface area (Å²) >= 11 is 1.48. The van der Waals surface area contributed by atoms with E-state index in [1.54, 1.807) is 0 Å². The number of methoxy groups -OCH3 is 1. The molecule has 0 aliphatic heterocycles. The molecule has 0 radical (unpaired) electrons. The van der Waals surface area contributed by atoms with Gasteiger partial charge in [0.1, 0.15) is 10.7 Å². The van der Waals surface area contributed by atoms with Gasteiger partial charge in [-0.1, -0.05) is 20.8 Å². The minimum absolute atomic E-state index is 0.00407. The number of anilines is 1. The molecule has 1 aromatic heterocycles. The molecule has 1 saturated carbocycles. The molecule has 1 fully saturated rings. The van der Waals surface area contributed by atoms with Gasteiger partial charge in [0.15, 0.2) is 0 Å². The van der Waals surface area contributed by atoms with Gasteiger partial charge < -0.3 is 10.1 Å². The topological polar surface area (TPSA) is 55.4 Å². The lowest BCUT2D eigenvalue weighted by Gasteiger charge is -2.23. The van der Waals surface area contributed by atoms with E-state index in [1.807, 2.05) is 6.07 Å². The van der Waals surface area contributed by atoms with Crippen LogP contribution in [-0.2, 0) is 14.9 Å². The lowest BCUT2D eigenvalue weighted by Crippen LogP contribution is -2.26. The number of carbonyl (C=O) groups is 2. The average Bonchev–Trinajstić information content (AvgIpc) is 2.84. The molecule has 0 amide bonds. The Morgan fingerprint density at radius 3 is 2.48 bits per heavy atom. The van der Waals surface area contributed by atoms with E-state index in [1.165, 1.54) is 18.4 Å². The molecule has 0 spiro atoms. The van der Waals surface area contributed by atoms with E-state index in [-0.39, 0.29) is 17.4 Å². The fraction of sp³-hybridized carbons (Fsp3) is 0.625. The second-order valence-corrected chi connectivity index (χ2v) is 7.60. The Morgan fingerprint density at radius 1 is 1.33 bits per heavy atom. The molecular formula is C16H23NO3S. The van der Waals surface area contributed by atoms with Crippen molar-refractivity contribution < 1.29 is 14.3 Å². The first-order chi connectivity index (χ1) is 9.81. The minimum Gasteiger partial charge on any atom is -0.465 e. The molecule has 2 rings (SSSR count). The summed E-state index contributed by atoms with van der Waals surface area (Å²) < 4.78 is 4.89. The van der Waals surface area contributed by atoms with E-state index < -0.39 is 0 Å². The maximum atomic E-state index is 12.0. The zero-order valence-corrected chi connectivity index (χ0v) is 13.9. The van der Waals surface area contributed by atoms with Crippen LogP contribution in [0.4, 0.5) is 5.69 Å². The molecular weight excluding hydrogens is 286 g/mol. The summed E-state index contributed by atoms with van der Waals surface area (Å²) in [7, 11) is 1.40. The Balaban J connectivity index is 2.22. The van der Waals surface area contributed by atoms with Crippen molar-refractivity contribution in [2.45, 2.75) is 57.9 Å². The number of rotatable bonds is 3. The molecule has 0 saturated heterocycles. The smallest absolute Gasteiger partial charge is 0.350 e. The van der Waals surface area contributed by atoms with Crippen LogP contribution in [0, 0.1) is 0 Å². The van der Waals surface area contributed by atoms with Gasteiger partial charge in [-0.15, -0.1) is 11.3 Å². The predicted molar refractivity (Wildman–Crippen MR) is 85.2 cm³/mol. The van der Waals surface area contributed by atoms with Gasteiger partial charge in [0.25, 0.3) is 0 Å². The van der Waals surface area contributed by atoms with Crippen LogP contribution in [-0.4, -0.2) is 24.9 Å². The number of ether oxygens (including phenoxy) is 1. The first-order valence-electron chi connectivity index (χ1n) is 7.32. The highest BCUT2D eigenvalue weighted by Crippen LogP contribution is 2.36. The van der Waals surface area contributed by atoms with Gasteiger partial charge in [-0.05, 0) is 24.3 Å². The second kappa shape index (κ2) is 6.18. The number of hydrogen-bond acceptors (Lipinski definition) is 5. The molecule has 0 atom stereocenters. The number of Topliss-reactive ketones (excluding diaryl/α,β-unsaturated/α-hetero) is 1. The summed E-state index contributed by atoms with van der Waals surface area (Å²) in [5.41, 5.74) is 0.840. The van der Waals surface area contributed by atoms with Crippen molar-refractivity contribution in [2.24, 2.45) is 0 Å². The number of hydrogen-bond donors (Lipinski definition) is 1. The Labute approximate surface area is 129 Å². The number of thiophene rings is 1. The van der Waals surface area contributed by atoms with E-state index in [2.05, 4.69) is 26.1 Å². The molecule has 4 nitrogen and oxygen atoms in total. The van der Waals surface area contributed by atoms with E-state index in [4.69, 9.17) is 4.74 Å². The van der Waals surface area contributed by atoms with Crippen LogP contribution in [0.2, 0.25) is 0 Å². The maximum absolute atomic E-state index is 12.0. The predicted octanol–water partition coefficient (Wildman–Crippen LogP) is 3.76. The van der Waals surface area contributed by atoms with Gasteiger partial charge in [-0.3, -0.25) is 4.79 Å². The molecule has 1 heterocycles. The summed E-state index contributed by atoms with van der Waals surface area (Å²) in [5.74, 6) is 0.0341. The molecule has 0 bridgehead atoms.